The van der Waals surface area contributed by atoms with Crippen molar-refractivity contribution < 1.29 is 19.1 Å². The topological polar surface area (TPSA) is 62.9 Å². The molecule has 2 saturated heterocycles. The number of aliphatic hydroxyl groups excluding tert-OH is 1. The summed E-state index contributed by atoms with van der Waals surface area (Å²) in [5.41, 5.74) is 1.19. The van der Waals surface area contributed by atoms with Gasteiger partial charge < -0.3 is 19.2 Å². The Morgan fingerprint density at radius 2 is 1.88 bits per heavy atom. The molecule has 2 aromatic rings. The van der Waals surface area contributed by atoms with Crippen LogP contribution in [0.15, 0.2) is 40.8 Å². The highest BCUT2D eigenvalue weighted by molar-refractivity contribution is 5.94. The zero-order chi connectivity index (χ0) is 18.1. The van der Waals surface area contributed by atoms with Crippen molar-refractivity contribution in [2.24, 2.45) is 0 Å². The van der Waals surface area contributed by atoms with E-state index < -0.39 is 11.7 Å². The van der Waals surface area contributed by atoms with Crippen LogP contribution in [-0.4, -0.2) is 47.3 Å². The minimum Gasteiger partial charge on any atom is -0.461 e. The van der Waals surface area contributed by atoms with Gasteiger partial charge in [-0.1, -0.05) is 12.1 Å². The smallest absolute Gasteiger partial charge is 0.253 e. The second-order valence-electron chi connectivity index (χ2n) is 7.35. The average Bonchev–Trinajstić information content (AvgIpc) is 3.11. The third-order valence-electron chi connectivity index (χ3n) is 5.67. The molecule has 2 aliphatic heterocycles. The maximum absolute atomic E-state index is 12.8. The van der Waals surface area contributed by atoms with Crippen molar-refractivity contribution in [3.8, 4) is 11.3 Å². The fraction of sp³-hybridized carbons (Fsp3) is 0.476. The lowest BCUT2D eigenvalue weighted by Gasteiger charge is -2.46. The summed E-state index contributed by atoms with van der Waals surface area (Å²) in [5, 5.41) is 10.3. The third kappa shape index (κ3) is 3.17. The van der Waals surface area contributed by atoms with Crippen LogP contribution in [0.2, 0.25) is 0 Å². The largest absolute Gasteiger partial charge is 0.461 e. The number of ether oxygens (including phenoxy) is 1. The van der Waals surface area contributed by atoms with Gasteiger partial charge in [-0.3, -0.25) is 4.79 Å². The molecule has 0 aliphatic carbocycles. The van der Waals surface area contributed by atoms with Crippen LogP contribution in [0.1, 0.15) is 41.8 Å². The van der Waals surface area contributed by atoms with Gasteiger partial charge in [0.1, 0.15) is 11.5 Å². The quantitative estimate of drug-likeness (QED) is 0.897. The molecule has 26 heavy (non-hydrogen) atoms. The molecule has 1 atom stereocenters. The fourth-order valence-corrected chi connectivity index (χ4v) is 4.03. The molecule has 1 amide bonds. The summed E-state index contributed by atoms with van der Waals surface area (Å²) in [6, 6.07) is 11.4. The van der Waals surface area contributed by atoms with Crippen molar-refractivity contribution in [2.45, 2.75) is 44.3 Å². The number of nitrogens with zero attached hydrogens (tertiary/aromatic N) is 1. The van der Waals surface area contributed by atoms with Crippen molar-refractivity contribution in [2.75, 3.05) is 19.7 Å². The van der Waals surface area contributed by atoms with E-state index in [2.05, 4.69) is 0 Å². The van der Waals surface area contributed by atoms with Crippen LogP contribution in [0.3, 0.4) is 0 Å². The zero-order valence-electron chi connectivity index (χ0n) is 15.1. The van der Waals surface area contributed by atoms with Crippen LogP contribution in [0.5, 0.6) is 0 Å². The Kier molecular flexibility index (Phi) is 4.59. The molecule has 0 radical (unpaired) electrons. The first kappa shape index (κ1) is 17.3. The minimum absolute atomic E-state index is 0.0346. The number of likely N-dealkylation sites (tertiary alicyclic amines) is 1. The van der Waals surface area contributed by atoms with Crippen LogP contribution in [-0.2, 0) is 4.74 Å². The minimum atomic E-state index is -0.448. The van der Waals surface area contributed by atoms with Crippen molar-refractivity contribution in [3.05, 3.63) is 47.7 Å². The van der Waals surface area contributed by atoms with E-state index in [-0.39, 0.29) is 5.91 Å². The van der Waals surface area contributed by atoms with Crippen molar-refractivity contribution in [1.29, 1.82) is 0 Å². The van der Waals surface area contributed by atoms with Crippen LogP contribution in [0, 0.1) is 6.92 Å². The summed E-state index contributed by atoms with van der Waals surface area (Å²) < 4.78 is 11.5. The number of hydrogen-bond donors (Lipinski definition) is 1. The predicted octanol–water partition coefficient (Wildman–Crippen LogP) is 3.40. The number of furan rings is 1. The molecule has 3 heterocycles. The molecular formula is C21H25NO4. The maximum atomic E-state index is 12.8. The third-order valence-corrected chi connectivity index (χ3v) is 5.67. The van der Waals surface area contributed by atoms with Gasteiger partial charge in [-0.25, -0.2) is 0 Å². The van der Waals surface area contributed by atoms with Crippen molar-refractivity contribution in [1.82, 2.24) is 4.90 Å². The molecule has 0 bridgehead atoms. The highest BCUT2D eigenvalue weighted by Crippen LogP contribution is 2.35. The summed E-state index contributed by atoms with van der Waals surface area (Å²) in [5.74, 6) is 1.71. The van der Waals surface area contributed by atoms with E-state index in [0.717, 1.165) is 29.9 Å². The van der Waals surface area contributed by atoms with Crippen LogP contribution >= 0.6 is 0 Å². The van der Waals surface area contributed by atoms with Crippen LogP contribution in [0.4, 0.5) is 0 Å². The maximum Gasteiger partial charge on any atom is 0.253 e. The molecule has 5 nitrogen and oxygen atoms in total. The molecule has 0 saturated carbocycles. The second kappa shape index (κ2) is 6.89. The van der Waals surface area contributed by atoms with Crippen LogP contribution < -0.4 is 0 Å². The van der Waals surface area contributed by atoms with Crippen LogP contribution in [0.25, 0.3) is 11.3 Å². The Balaban J connectivity index is 1.42. The lowest BCUT2D eigenvalue weighted by atomic mass is 9.82. The van der Waals surface area contributed by atoms with E-state index >= 15 is 0 Å². The number of amides is 1. The summed E-state index contributed by atoms with van der Waals surface area (Å²) >= 11 is 0. The van der Waals surface area contributed by atoms with E-state index in [9.17, 15) is 9.90 Å². The molecular weight excluding hydrogens is 330 g/mol. The van der Waals surface area contributed by atoms with Gasteiger partial charge in [0.2, 0.25) is 0 Å². The highest BCUT2D eigenvalue weighted by atomic mass is 16.5. The molecule has 2 fully saturated rings. The Morgan fingerprint density at radius 3 is 2.50 bits per heavy atom. The summed E-state index contributed by atoms with van der Waals surface area (Å²) in [6.45, 7) is 3.86. The normalized spacial score (nSPS) is 22.5. The first-order valence-corrected chi connectivity index (χ1v) is 9.36. The monoisotopic (exact) mass is 355 g/mol. The molecule has 4 rings (SSSR count). The number of hydrogen-bond acceptors (Lipinski definition) is 4. The molecule has 1 aromatic heterocycles. The first-order valence-electron chi connectivity index (χ1n) is 9.36. The molecule has 138 valence electrons. The Hall–Kier alpha value is -2.11. The average molecular weight is 355 g/mol. The highest BCUT2D eigenvalue weighted by Gasteiger charge is 2.44. The number of benzene rings is 1. The molecule has 2 aliphatic rings. The van der Waals surface area contributed by atoms with Gasteiger partial charge in [0, 0.05) is 30.8 Å². The van der Waals surface area contributed by atoms with E-state index in [0.29, 0.717) is 38.1 Å². The number of aliphatic hydroxyl groups is 1. The number of carbonyl (C=O) groups is 1. The van der Waals surface area contributed by atoms with Gasteiger partial charge in [0.25, 0.3) is 5.91 Å². The molecule has 1 unspecified atom stereocenters. The van der Waals surface area contributed by atoms with Gasteiger partial charge >= 0.3 is 0 Å². The van der Waals surface area contributed by atoms with Gasteiger partial charge in [-0.05, 0) is 56.9 Å². The summed E-state index contributed by atoms with van der Waals surface area (Å²) in [6.07, 6.45) is 2.69. The summed E-state index contributed by atoms with van der Waals surface area (Å²) in [7, 11) is 0. The predicted molar refractivity (Wildman–Crippen MR) is 97.9 cm³/mol. The zero-order valence-corrected chi connectivity index (χ0v) is 15.1. The van der Waals surface area contributed by atoms with Gasteiger partial charge in [-0.15, -0.1) is 0 Å². The molecule has 1 aromatic carbocycles. The van der Waals surface area contributed by atoms with Gasteiger partial charge in [0.05, 0.1) is 11.7 Å². The number of rotatable bonds is 2. The van der Waals surface area contributed by atoms with Crippen molar-refractivity contribution >= 4 is 5.91 Å². The number of piperidine rings is 1. The van der Waals surface area contributed by atoms with E-state index in [1.807, 2.05) is 48.2 Å². The standard InChI is InChI=1S/C21H25NO4/c1-15-4-9-18(26-15)16-5-7-17(8-6-16)20(24)22-12-10-21(11-13-22)19(23)3-2-14-25-21/h4-9,19,23H,2-3,10-14H2,1H3. The molecule has 5 heteroatoms. The Bertz CT molecular complexity index is 772. The fourth-order valence-electron chi connectivity index (χ4n) is 4.03. The SMILES string of the molecule is Cc1ccc(-c2ccc(C(=O)N3CCC4(CC3)OCCCC4O)cc2)o1. The Morgan fingerprint density at radius 1 is 1.15 bits per heavy atom. The molecule has 1 spiro atoms. The van der Waals surface area contributed by atoms with Crippen molar-refractivity contribution in [3.63, 3.8) is 0 Å². The van der Waals surface area contributed by atoms with Gasteiger partial charge in [0.15, 0.2) is 0 Å². The Labute approximate surface area is 153 Å². The molecule has 1 N–H and O–H groups in total. The second-order valence-corrected chi connectivity index (χ2v) is 7.35. The van der Waals surface area contributed by atoms with E-state index in [1.54, 1.807) is 0 Å². The summed E-state index contributed by atoms with van der Waals surface area (Å²) in [4.78, 5) is 14.7. The lowest BCUT2D eigenvalue weighted by molar-refractivity contribution is -0.174. The van der Waals surface area contributed by atoms with Gasteiger partial charge in [-0.2, -0.15) is 0 Å². The van der Waals surface area contributed by atoms with E-state index in [1.165, 1.54) is 0 Å². The number of carbonyl (C=O) groups excluding carboxylic acids is 1. The number of aryl methyl sites for hydroxylation is 1. The lowest BCUT2D eigenvalue weighted by Crippen LogP contribution is -2.56. The van der Waals surface area contributed by atoms with E-state index in [4.69, 9.17) is 9.15 Å². The first-order chi connectivity index (χ1) is 12.6.